The van der Waals surface area contributed by atoms with Crippen LogP contribution in [0.2, 0.25) is 0 Å². The Morgan fingerprint density at radius 1 is 1.04 bits per heavy atom. The number of aryl methyl sites for hydroxylation is 1. The molecule has 2 rings (SSSR count). The van der Waals surface area contributed by atoms with Crippen molar-refractivity contribution in [3.05, 3.63) is 42.0 Å². The monoisotopic (exact) mass is 343 g/mol. The summed E-state index contributed by atoms with van der Waals surface area (Å²) in [5.41, 5.74) is 3.91. The summed E-state index contributed by atoms with van der Waals surface area (Å²) in [7, 11) is 0. The second-order valence-electron chi connectivity index (χ2n) is 8.01. The van der Waals surface area contributed by atoms with Gasteiger partial charge in [0.25, 0.3) is 0 Å². The molecule has 1 saturated heterocycles. The van der Waals surface area contributed by atoms with Gasteiger partial charge < -0.3 is 4.90 Å². The lowest BCUT2D eigenvalue weighted by Gasteiger charge is -2.28. The van der Waals surface area contributed by atoms with Gasteiger partial charge in [0.2, 0.25) is 5.91 Å². The number of unbranched alkanes of at least 4 members (excludes halogenated alkanes) is 2. The fourth-order valence-corrected chi connectivity index (χ4v) is 3.07. The highest BCUT2D eigenvalue weighted by molar-refractivity contribution is 5.95. The zero-order chi connectivity index (χ0) is 18.9. The molecule has 1 aliphatic rings. The molecular formula is C23H37NO. The molecule has 1 amide bonds. The zero-order valence-electron chi connectivity index (χ0n) is 17.0. The lowest BCUT2D eigenvalue weighted by atomic mass is 9.89. The third-order valence-corrected chi connectivity index (χ3v) is 4.53. The number of piperidine rings is 1. The molecule has 0 aliphatic carbocycles. The summed E-state index contributed by atoms with van der Waals surface area (Å²) in [4.78, 5) is 14.0. The standard InChI is InChI=1S/C21H31NO.C2H6/c1-17-13-15-22(20(23)16-17)19-11-9-18(10-12-19)8-6-5-7-14-21(2,3)4;1-2/h9-12H,1,5-8,13-16H2,2-4H3;1-2H3. The van der Waals surface area contributed by atoms with Gasteiger partial charge in [-0.25, -0.2) is 0 Å². The number of carbonyl (C=O) groups excluding carboxylic acids is 1. The van der Waals surface area contributed by atoms with E-state index >= 15 is 0 Å². The first-order chi connectivity index (χ1) is 11.8. The summed E-state index contributed by atoms with van der Waals surface area (Å²) in [5.74, 6) is 0.177. The Bertz CT molecular complexity index is 536. The topological polar surface area (TPSA) is 20.3 Å². The predicted molar refractivity (Wildman–Crippen MR) is 110 cm³/mol. The van der Waals surface area contributed by atoms with Gasteiger partial charge in [-0.15, -0.1) is 0 Å². The van der Waals surface area contributed by atoms with Crippen molar-refractivity contribution in [3.8, 4) is 0 Å². The Morgan fingerprint density at radius 3 is 2.24 bits per heavy atom. The van der Waals surface area contributed by atoms with Crippen LogP contribution < -0.4 is 4.90 Å². The first-order valence-electron chi connectivity index (χ1n) is 9.91. The molecule has 1 aromatic carbocycles. The Balaban J connectivity index is 0.00000151. The second-order valence-corrected chi connectivity index (χ2v) is 8.01. The number of benzene rings is 1. The number of hydrogen-bond acceptors (Lipinski definition) is 1. The quantitative estimate of drug-likeness (QED) is 0.424. The average molecular weight is 344 g/mol. The van der Waals surface area contributed by atoms with Crippen molar-refractivity contribution >= 4 is 11.6 Å². The largest absolute Gasteiger partial charge is 0.312 e. The van der Waals surface area contributed by atoms with Crippen LogP contribution in [-0.4, -0.2) is 12.5 Å². The number of amides is 1. The van der Waals surface area contributed by atoms with Gasteiger partial charge >= 0.3 is 0 Å². The van der Waals surface area contributed by atoms with Crippen molar-refractivity contribution in [2.24, 2.45) is 5.41 Å². The van der Waals surface area contributed by atoms with Gasteiger partial charge in [0.05, 0.1) is 0 Å². The summed E-state index contributed by atoms with van der Waals surface area (Å²) < 4.78 is 0. The van der Waals surface area contributed by atoms with E-state index in [-0.39, 0.29) is 5.91 Å². The molecule has 0 aromatic heterocycles. The summed E-state index contributed by atoms with van der Waals surface area (Å²) in [6, 6.07) is 8.54. The first kappa shape index (κ1) is 21.5. The minimum Gasteiger partial charge on any atom is -0.312 e. The van der Waals surface area contributed by atoms with E-state index in [9.17, 15) is 4.79 Å². The normalized spacial score (nSPS) is 15.0. The Hall–Kier alpha value is -1.57. The van der Waals surface area contributed by atoms with Crippen molar-refractivity contribution in [2.75, 3.05) is 11.4 Å². The molecule has 1 aliphatic heterocycles. The molecule has 1 aromatic rings. The van der Waals surface area contributed by atoms with Crippen LogP contribution in [0.25, 0.3) is 0 Å². The van der Waals surface area contributed by atoms with E-state index in [1.807, 2.05) is 18.7 Å². The maximum atomic E-state index is 12.1. The van der Waals surface area contributed by atoms with Gasteiger partial charge in [0, 0.05) is 18.7 Å². The number of anilines is 1. The lowest BCUT2D eigenvalue weighted by molar-refractivity contribution is -0.118. The van der Waals surface area contributed by atoms with E-state index in [1.165, 1.54) is 31.2 Å². The summed E-state index contributed by atoms with van der Waals surface area (Å²) in [5, 5.41) is 0. The highest BCUT2D eigenvalue weighted by Crippen LogP contribution is 2.25. The fourth-order valence-electron chi connectivity index (χ4n) is 3.07. The second kappa shape index (κ2) is 10.4. The Kier molecular flexibility index (Phi) is 8.96. The molecule has 2 heteroatoms. The summed E-state index contributed by atoms with van der Waals surface area (Å²) >= 11 is 0. The molecular weight excluding hydrogens is 306 g/mol. The number of hydrogen-bond donors (Lipinski definition) is 0. The first-order valence-corrected chi connectivity index (χ1v) is 9.91. The van der Waals surface area contributed by atoms with E-state index in [1.54, 1.807) is 0 Å². The Labute approximate surface area is 155 Å². The average Bonchev–Trinajstić information content (AvgIpc) is 2.56. The molecule has 1 heterocycles. The molecule has 25 heavy (non-hydrogen) atoms. The number of nitrogens with zero attached hydrogens (tertiary/aromatic N) is 1. The molecule has 0 N–H and O–H groups in total. The van der Waals surface area contributed by atoms with Crippen molar-refractivity contribution < 1.29 is 4.79 Å². The van der Waals surface area contributed by atoms with Crippen LogP contribution in [0.5, 0.6) is 0 Å². The highest BCUT2D eigenvalue weighted by atomic mass is 16.2. The van der Waals surface area contributed by atoms with Crippen LogP contribution in [0.1, 0.15) is 78.7 Å². The summed E-state index contributed by atoms with van der Waals surface area (Å²) in [6.07, 6.45) is 7.71. The van der Waals surface area contributed by atoms with Crippen LogP contribution in [0.15, 0.2) is 36.4 Å². The number of rotatable bonds is 6. The highest BCUT2D eigenvalue weighted by Gasteiger charge is 2.21. The molecule has 0 bridgehead atoms. The fraction of sp³-hybridized carbons (Fsp3) is 0.609. The Morgan fingerprint density at radius 2 is 1.68 bits per heavy atom. The minimum absolute atomic E-state index is 0.177. The molecule has 0 unspecified atom stereocenters. The van der Waals surface area contributed by atoms with E-state index < -0.39 is 0 Å². The minimum atomic E-state index is 0.177. The van der Waals surface area contributed by atoms with Gasteiger partial charge in [0.1, 0.15) is 0 Å². The smallest absolute Gasteiger partial charge is 0.231 e. The predicted octanol–water partition coefficient (Wildman–Crippen LogP) is 6.54. The molecule has 0 radical (unpaired) electrons. The molecule has 140 valence electrons. The van der Waals surface area contributed by atoms with Crippen LogP contribution in [-0.2, 0) is 11.2 Å². The van der Waals surface area contributed by atoms with E-state index in [0.717, 1.165) is 30.6 Å². The van der Waals surface area contributed by atoms with Crippen LogP contribution in [0, 0.1) is 5.41 Å². The molecule has 0 atom stereocenters. The van der Waals surface area contributed by atoms with Crippen LogP contribution in [0.4, 0.5) is 5.69 Å². The molecule has 2 nitrogen and oxygen atoms in total. The maximum Gasteiger partial charge on any atom is 0.231 e. The van der Waals surface area contributed by atoms with E-state index in [4.69, 9.17) is 0 Å². The third-order valence-electron chi connectivity index (χ3n) is 4.53. The van der Waals surface area contributed by atoms with Crippen molar-refractivity contribution in [1.29, 1.82) is 0 Å². The van der Waals surface area contributed by atoms with Crippen molar-refractivity contribution in [1.82, 2.24) is 0 Å². The summed E-state index contributed by atoms with van der Waals surface area (Å²) in [6.45, 7) is 15.6. The molecule has 1 fully saturated rings. The third kappa shape index (κ3) is 7.90. The lowest BCUT2D eigenvalue weighted by Crippen LogP contribution is -2.35. The van der Waals surface area contributed by atoms with Gasteiger partial charge in [-0.1, -0.05) is 71.7 Å². The molecule has 0 spiro atoms. The zero-order valence-corrected chi connectivity index (χ0v) is 17.0. The van der Waals surface area contributed by atoms with E-state index in [0.29, 0.717) is 11.8 Å². The van der Waals surface area contributed by atoms with Crippen molar-refractivity contribution in [2.45, 2.75) is 79.6 Å². The SMILES string of the molecule is C=C1CCN(c2ccc(CCCCCC(C)(C)C)cc2)C(=O)C1.CC. The van der Waals surface area contributed by atoms with Gasteiger partial charge in [0.15, 0.2) is 0 Å². The van der Waals surface area contributed by atoms with Crippen LogP contribution in [0.3, 0.4) is 0 Å². The van der Waals surface area contributed by atoms with Gasteiger partial charge in [-0.3, -0.25) is 4.79 Å². The van der Waals surface area contributed by atoms with E-state index in [2.05, 4.69) is 51.6 Å². The molecule has 0 saturated carbocycles. The van der Waals surface area contributed by atoms with Crippen molar-refractivity contribution in [3.63, 3.8) is 0 Å². The number of carbonyl (C=O) groups is 1. The van der Waals surface area contributed by atoms with Gasteiger partial charge in [-0.2, -0.15) is 0 Å². The van der Waals surface area contributed by atoms with Gasteiger partial charge in [-0.05, 0) is 48.8 Å². The van der Waals surface area contributed by atoms with Crippen LogP contribution >= 0.6 is 0 Å². The maximum absolute atomic E-state index is 12.1.